The molecule has 2 atom stereocenters. The smallest absolute Gasteiger partial charge is 0.251 e. The summed E-state index contributed by atoms with van der Waals surface area (Å²) in [5, 5.41) is 14.5. The molecule has 4 fully saturated rings. The van der Waals surface area contributed by atoms with E-state index in [1.807, 2.05) is 30.0 Å². The number of hydrogen-bond acceptors (Lipinski definition) is 7. The van der Waals surface area contributed by atoms with E-state index in [2.05, 4.69) is 63.1 Å². The van der Waals surface area contributed by atoms with Crippen molar-refractivity contribution in [3.63, 3.8) is 0 Å². The van der Waals surface area contributed by atoms with Gasteiger partial charge in [-0.1, -0.05) is 81.4 Å². The number of halogens is 5. The molecule has 4 heterocycles. The number of fused-ring (bicyclic) bond motifs is 2. The molecule has 2 aliphatic carbocycles. The van der Waals surface area contributed by atoms with Gasteiger partial charge in [0.05, 0.1) is 16.0 Å². The van der Waals surface area contributed by atoms with Gasteiger partial charge in [-0.3, -0.25) is 14.3 Å². The van der Waals surface area contributed by atoms with Gasteiger partial charge in [-0.25, -0.2) is 17.6 Å². The number of amides is 2. The van der Waals surface area contributed by atoms with Crippen LogP contribution in [0.5, 0.6) is 0 Å². The van der Waals surface area contributed by atoms with Crippen molar-refractivity contribution in [1.82, 2.24) is 35.5 Å². The minimum Gasteiger partial charge on any atom is -0.355 e. The number of likely N-dealkylation sites (tertiary alicyclic amines) is 2. The van der Waals surface area contributed by atoms with Gasteiger partial charge >= 0.3 is 0 Å². The van der Waals surface area contributed by atoms with Crippen molar-refractivity contribution >= 4 is 40.1 Å². The van der Waals surface area contributed by atoms with Gasteiger partial charge in [0.1, 0.15) is 28.8 Å². The summed E-state index contributed by atoms with van der Waals surface area (Å²) in [5.74, 6) is -2.00. The van der Waals surface area contributed by atoms with Gasteiger partial charge in [0, 0.05) is 92.5 Å². The summed E-state index contributed by atoms with van der Waals surface area (Å²) >= 11 is 6.90. The van der Waals surface area contributed by atoms with Gasteiger partial charge in [-0.05, 0) is 130 Å². The lowest BCUT2D eigenvalue weighted by molar-refractivity contribution is -0.138. The molecular weight excluding hydrogens is 964 g/mol. The molecule has 3 N–H and O–H groups in total. The van der Waals surface area contributed by atoms with Gasteiger partial charge in [0.25, 0.3) is 5.91 Å². The van der Waals surface area contributed by atoms with E-state index in [4.69, 9.17) is 11.6 Å². The third-order valence-electron chi connectivity index (χ3n) is 17.5. The number of aryl methyl sites for hydroxylation is 2. The number of benzene rings is 4. The first-order valence-electron chi connectivity index (χ1n) is 26.8. The van der Waals surface area contributed by atoms with Gasteiger partial charge in [0.15, 0.2) is 11.6 Å². The summed E-state index contributed by atoms with van der Waals surface area (Å²) in [5.41, 5.74) is 4.17. The Kier molecular flexibility index (Phi) is 14.8. The molecule has 3 saturated heterocycles. The normalized spacial score (nSPS) is 23.1. The number of piperidine rings is 2. The fourth-order valence-corrected chi connectivity index (χ4v) is 13.7. The van der Waals surface area contributed by atoms with Crippen molar-refractivity contribution in [3.8, 4) is 11.1 Å². The van der Waals surface area contributed by atoms with Crippen LogP contribution in [0.3, 0.4) is 0 Å². The minimum absolute atomic E-state index is 0.0409. The molecular formula is C59H69ClF4N8O2. The van der Waals surface area contributed by atoms with Crippen LogP contribution in [-0.2, 0) is 30.1 Å². The van der Waals surface area contributed by atoms with Crippen LogP contribution in [0.4, 0.5) is 23.4 Å². The topological polar surface area (TPSA) is 97.8 Å². The molecule has 392 valence electrons. The molecule has 74 heavy (non-hydrogen) atoms. The fourth-order valence-electron chi connectivity index (χ4n) is 13.4. The molecule has 1 saturated carbocycles. The van der Waals surface area contributed by atoms with Crippen LogP contribution in [0, 0.1) is 29.2 Å². The summed E-state index contributed by atoms with van der Waals surface area (Å²) in [7, 11) is 3.19. The van der Waals surface area contributed by atoms with Crippen molar-refractivity contribution < 1.29 is 27.2 Å². The van der Waals surface area contributed by atoms with Crippen LogP contribution in [0.15, 0.2) is 79.3 Å². The number of nitrogens with zero attached hydrogens (tertiary/aromatic N) is 5. The lowest BCUT2D eigenvalue weighted by Crippen LogP contribution is -2.50. The Balaban J connectivity index is 0.760. The van der Waals surface area contributed by atoms with Crippen LogP contribution in [-0.4, -0.2) is 89.8 Å². The summed E-state index contributed by atoms with van der Waals surface area (Å²) < 4.78 is 66.7. The lowest BCUT2D eigenvalue weighted by atomic mass is 9.70. The summed E-state index contributed by atoms with van der Waals surface area (Å²) in [6, 6.07) is 16.9. The van der Waals surface area contributed by atoms with E-state index in [1.54, 1.807) is 19.2 Å². The third-order valence-corrected chi connectivity index (χ3v) is 17.9. The van der Waals surface area contributed by atoms with Gasteiger partial charge in [-0.15, -0.1) is 0 Å². The van der Waals surface area contributed by atoms with Gasteiger partial charge in [-0.2, -0.15) is 5.10 Å². The van der Waals surface area contributed by atoms with Crippen LogP contribution in [0.25, 0.3) is 22.0 Å². The van der Waals surface area contributed by atoms with Crippen molar-refractivity contribution in [2.45, 2.75) is 120 Å². The molecule has 10 nitrogen and oxygen atoms in total. The van der Waals surface area contributed by atoms with E-state index < -0.39 is 34.6 Å². The van der Waals surface area contributed by atoms with Gasteiger partial charge < -0.3 is 30.7 Å². The average Bonchev–Trinajstić information content (AvgIpc) is 3.90. The van der Waals surface area contributed by atoms with E-state index in [9.17, 15) is 9.59 Å². The number of rotatable bonds is 12. The molecule has 2 amide bonds. The highest BCUT2D eigenvalue weighted by Gasteiger charge is 2.48. The molecule has 4 aromatic carbocycles. The molecule has 2 unspecified atom stereocenters. The summed E-state index contributed by atoms with van der Waals surface area (Å²) in [6.45, 7) is 16.1. The second-order valence-corrected chi connectivity index (χ2v) is 22.0. The fraction of sp³-hybridized carbons (Fsp3) is 0.475. The molecule has 10 rings (SSSR count). The number of hydrogen-bond donors (Lipinski definition) is 3. The summed E-state index contributed by atoms with van der Waals surface area (Å²) in [4.78, 5) is 33.8. The van der Waals surface area contributed by atoms with Gasteiger partial charge in [0.2, 0.25) is 5.91 Å². The van der Waals surface area contributed by atoms with E-state index in [0.29, 0.717) is 98.9 Å². The molecule has 15 heteroatoms. The zero-order valence-corrected chi connectivity index (χ0v) is 43.9. The second-order valence-electron chi connectivity index (χ2n) is 21.6. The molecule has 1 aromatic heterocycles. The number of carbonyl (C=O) groups is 2. The number of anilines is 1. The lowest BCUT2D eigenvalue weighted by Gasteiger charge is -2.43. The highest BCUT2D eigenvalue weighted by atomic mass is 35.5. The van der Waals surface area contributed by atoms with Crippen molar-refractivity contribution in [3.05, 3.63) is 141 Å². The largest absolute Gasteiger partial charge is 0.355 e. The van der Waals surface area contributed by atoms with Crippen LogP contribution in [0.2, 0.25) is 5.02 Å². The highest BCUT2D eigenvalue weighted by Crippen LogP contribution is 2.55. The Hall–Kier alpha value is -5.70. The first-order chi connectivity index (χ1) is 35.6. The number of nitrogens with one attached hydrogen (secondary N) is 3. The first-order valence-corrected chi connectivity index (χ1v) is 27.1. The third kappa shape index (κ3) is 9.31. The van der Waals surface area contributed by atoms with E-state index in [1.165, 1.54) is 23.9 Å². The maximum Gasteiger partial charge on any atom is 0.251 e. The monoisotopic (exact) mass is 1030 g/mol. The Morgan fingerprint density at radius 1 is 0.865 bits per heavy atom. The molecule has 0 spiro atoms. The van der Waals surface area contributed by atoms with Crippen molar-refractivity contribution in [1.29, 1.82) is 0 Å². The maximum absolute atomic E-state index is 16.8. The highest BCUT2D eigenvalue weighted by molar-refractivity contribution is 6.34. The number of carbonyl (C=O) groups excluding carboxylic acids is 2. The second kappa shape index (κ2) is 21.1. The summed E-state index contributed by atoms with van der Waals surface area (Å²) in [6.07, 6.45) is 8.56. The predicted octanol–water partition coefficient (Wildman–Crippen LogP) is 11.2. The zero-order chi connectivity index (χ0) is 52.2. The Morgan fingerprint density at radius 2 is 1.58 bits per heavy atom. The van der Waals surface area contributed by atoms with Crippen molar-refractivity contribution in [2.24, 2.45) is 13.0 Å². The standard InChI is InChI=1S/C59H69ClF4N8O2/c1-7-11-38-16-19-44(57(73)65-5)50(53(38)63)51-48-35(3)59(41-12-9-8-10-13-41,32-40(48)30-47(62)52(51)60)33-66-42-17-14-39(15-18-42)58(74)71-27-23-43(24-28-71)70-25-21-37(22-26-70)49-46(61)31-45-55(54(49)64)69(6)68-56(45)72-29-20-34(2)67-36(72)4/h8-10,12-13,16,19,30-31,35,37,39,42-43,66-67H,2,4,7,11,14-15,17-18,20-29,32-33H2,1,3,5-6H3,(H,65,73). The van der Waals surface area contributed by atoms with Crippen LogP contribution >= 0.6 is 11.6 Å². The minimum atomic E-state index is -0.646. The van der Waals surface area contributed by atoms with E-state index >= 15 is 17.6 Å². The SMILES string of the molecule is C=C1CCN(c2nn(C)c3c(F)c(C4CCN(C5CCN(C(=O)C6CCC(NCC7(c8ccccc8)Cc8cc(F)c(Cl)c(-c9c(C(=O)NC)ccc(CCC)c9F)c8C7C)CC6)CC5)CC4)c(F)cc23)C(=C)N1. The maximum atomic E-state index is 16.8. The van der Waals surface area contributed by atoms with Crippen molar-refractivity contribution in [2.75, 3.05) is 51.2 Å². The van der Waals surface area contributed by atoms with E-state index in [0.717, 1.165) is 74.0 Å². The Labute approximate surface area is 437 Å². The molecule has 0 bridgehead atoms. The molecule has 5 aromatic rings. The molecule has 0 radical (unpaired) electrons. The average molecular weight is 1030 g/mol. The quantitative estimate of drug-likeness (QED) is 0.107. The Bertz CT molecular complexity index is 2990. The predicted molar refractivity (Wildman–Crippen MR) is 285 cm³/mol. The van der Waals surface area contributed by atoms with Crippen LogP contribution in [0.1, 0.15) is 128 Å². The molecule has 5 aliphatic rings. The Morgan fingerprint density at radius 3 is 2.26 bits per heavy atom. The molecule has 3 aliphatic heterocycles. The number of aromatic nitrogens is 2. The van der Waals surface area contributed by atoms with Crippen LogP contribution < -0.4 is 20.9 Å². The first kappa shape index (κ1) is 51.8. The zero-order valence-electron chi connectivity index (χ0n) is 43.2. The van der Waals surface area contributed by atoms with E-state index in [-0.39, 0.29) is 57.0 Å².